The van der Waals surface area contributed by atoms with Crippen molar-refractivity contribution in [3.8, 4) is 0 Å². The van der Waals surface area contributed by atoms with Crippen LogP contribution in [0, 0.1) is 11.8 Å². The van der Waals surface area contributed by atoms with Crippen LogP contribution in [0.5, 0.6) is 0 Å². The van der Waals surface area contributed by atoms with Crippen molar-refractivity contribution in [1.82, 2.24) is 0 Å². The predicted octanol–water partition coefficient (Wildman–Crippen LogP) is 5.49. The molecule has 2 unspecified atom stereocenters. The van der Waals surface area contributed by atoms with Crippen molar-refractivity contribution in [3.63, 3.8) is 0 Å². The minimum Gasteiger partial charge on any atom is -0.418 e. The Bertz CT molecular complexity index is 245. The molecule has 12 heteroatoms. The summed E-state index contributed by atoms with van der Waals surface area (Å²) in [5, 5.41) is 0. The Morgan fingerprint density at radius 3 is 0.893 bits per heavy atom. The molecule has 0 amide bonds. The van der Waals surface area contributed by atoms with E-state index in [0.29, 0.717) is 0 Å². The van der Waals surface area contributed by atoms with Crippen molar-refractivity contribution in [2.24, 2.45) is 11.8 Å². The summed E-state index contributed by atoms with van der Waals surface area (Å²) in [5.41, 5.74) is 7.82. The number of halogens is 8. The summed E-state index contributed by atoms with van der Waals surface area (Å²) in [5.74, 6) is 1.79. The van der Waals surface area contributed by atoms with E-state index in [0.717, 1.165) is 24.9 Å². The molecule has 0 aliphatic rings. The SMILES string of the molecule is CCCCC(CC)C[NH3+].CCCCC(CC)C[NH3+].F[B-](F)(F)F.F[B-](F)(F)F. The van der Waals surface area contributed by atoms with Gasteiger partial charge in [-0.3, -0.25) is 0 Å². The van der Waals surface area contributed by atoms with Crippen LogP contribution in [0.3, 0.4) is 0 Å². The topological polar surface area (TPSA) is 55.3 Å². The van der Waals surface area contributed by atoms with Crippen LogP contribution < -0.4 is 11.5 Å². The largest absolute Gasteiger partial charge is 0.673 e. The normalized spacial score (nSPS) is 13.1. The van der Waals surface area contributed by atoms with E-state index < -0.39 is 14.5 Å². The zero-order valence-electron chi connectivity index (χ0n) is 17.8. The lowest BCUT2D eigenvalue weighted by molar-refractivity contribution is -0.380. The van der Waals surface area contributed by atoms with Gasteiger partial charge in [-0.1, -0.05) is 53.4 Å². The van der Waals surface area contributed by atoms with E-state index >= 15 is 0 Å². The van der Waals surface area contributed by atoms with E-state index in [1.807, 2.05) is 0 Å². The highest BCUT2D eigenvalue weighted by molar-refractivity contribution is 6.50. The molecule has 6 N–H and O–H groups in total. The Morgan fingerprint density at radius 2 is 0.786 bits per heavy atom. The van der Waals surface area contributed by atoms with E-state index in [2.05, 4.69) is 39.2 Å². The first kappa shape index (κ1) is 35.0. The van der Waals surface area contributed by atoms with Gasteiger partial charge in [-0.25, -0.2) is 0 Å². The standard InChI is InChI=1S/2C8H19N.2BF4/c2*1-3-5-6-8(4-2)7-9;2*2-1(3,4)5/h2*8H,3-7,9H2,1-2H3;;/q;;2*-1/p+2. The van der Waals surface area contributed by atoms with Crippen LogP contribution in [0.4, 0.5) is 34.5 Å². The van der Waals surface area contributed by atoms with E-state index in [1.165, 1.54) is 51.4 Å². The van der Waals surface area contributed by atoms with Gasteiger partial charge in [-0.15, -0.1) is 0 Å². The fraction of sp³-hybridized carbons (Fsp3) is 1.00. The lowest BCUT2D eigenvalue weighted by Gasteiger charge is -2.07. The van der Waals surface area contributed by atoms with Gasteiger partial charge in [0.25, 0.3) is 0 Å². The third-order valence-corrected chi connectivity index (χ3v) is 3.90. The van der Waals surface area contributed by atoms with Gasteiger partial charge in [0.2, 0.25) is 0 Å². The number of hydrogen-bond acceptors (Lipinski definition) is 0. The molecule has 0 aromatic carbocycles. The molecule has 28 heavy (non-hydrogen) atoms. The van der Waals surface area contributed by atoms with Gasteiger partial charge < -0.3 is 46.0 Å². The zero-order chi connectivity index (χ0) is 23.2. The molecule has 2 atom stereocenters. The van der Waals surface area contributed by atoms with Crippen molar-refractivity contribution < 1.29 is 46.0 Å². The summed E-state index contributed by atoms with van der Waals surface area (Å²) in [6.45, 7) is 11.2. The summed E-state index contributed by atoms with van der Waals surface area (Å²) in [4.78, 5) is 0. The van der Waals surface area contributed by atoms with E-state index in [1.54, 1.807) is 0 Å². The molecule has 0 aromatic heterocycles. The lowest BCUT2D eigenvalue weighted by atomic mass is 10.00. The molecular formula is C16H40B2F8N2. The van der Waals surface area contributed by atoms with Crippen LogP contribution in [0.1, 0.15) is 79.1 Å². The van der Waals surface area contributed by atoms with E-state index in [9.17, 15) is 34.5 Å². The Morgan fingerprint density at radius 1 is 0.571 bits per heavy atom. The van der Waals surface area contributed by atoms with Gasteiger partial charge in [0.1, 0.15) is 0 Å². The number of quaternary nitrogens is 2. The van der Waals surface area contributed by atoms with Crippen molar-refractivity contribution in [3.05, 3.63) is 0 Å². The van der Waals surface area contributed by atoms with Gasteiger partial charge in [-0.2, -0.15) is 0 Å². The highest BCUT2D eigenvalue weighted by Gasteiger charge is 2.21. The second-order valence-corrected chi connectivity index (χ2v) is 6.40. The Labute approximate surface area is 165 Å². The van der Waals surface area contributed by atoms with Gasteiger partial charge >= 0.3 is 14.5 Å². The molecule has 0 aromatic rings. The van der Waals surface area contributed by atoms with E-state index in [-0.39, 0.29) is 0 Å². The molecule has 0 bridgehead atoms. The Balaban J connectivity index is -0.000000143. The molecule has 0 fully saturated rings. The van der Waals surface area contributed by atoms with Crippen molar-refractivity contribution >= 4 is 14.5 Å². The molecule has 0 rings (SSSR count). The highest BCUT2D eigenvalue weighted by atomic mass is 19.5. The number of unbranched alkanes of at least 4 members (excludes halogenated alkanes) is 2. The fourth-order valence-corrected chi connectivity index (χ4v) is 2.09. The molecule has 2 nitrogen and oxygen atoms in total. The minimum atomic E-state index is -6.00. The molecule has 0 spiro atoms. The molecule has 0 aliphatic carbocycles. The van der Waals surface area contributed by atoms with Crippen molar-refractivity contribution in [1.29, 1.82) is 0 Å². The minimum absolute atomic E-state index is 0.893. The zero-order valence-corrected chi connectivity index (χ0v) is 17.8. The number of hydrogen-bond donors (Lipinski definition) is 2. The number of rotatable bonds is 10. The maximum atomic E-state index is 9.75. The smallest absolute Gasteiger partial charge is 0.418 e. The van der Waals surface area contributed by atoms with Crippen LogP contribution in [-0.2, 0) is 0 Å². The van der Waals surface area contributed by atoms with Crippen molar-refractivity contribution in [2.75, 3.05) is 13.1 Å². The molecule has 0 radical (unpaired) electrons. The molecular weight excluding hydrogens is 394 g/mol. The maximum Gasteiger partial charge on any atom is 0.673 e. The predicted molar refractivity (Wildman–Crippen MR) is 102 cm³/mol. The fourth-order valence-electron chi connectivity index (χ4n) is 2.09. The summed E-state index contributed by atoms with van der Waals surface area (Å²) < 4.78 is 78.0. The first-order valence-electron chi connectivity index (χ1n) is 10.0. The van der Waals surface area contributed by atoms with Gasteiger partial charge in [0.05, 0.1) is 13.1 Å². The van der Waals surface area contributed by atoms with Crippen molar-refractivity contribution in [2.45, 2.75) is 79.1 Å². The average molecular weight is 434 g/mol. The quantitative estimate of drug-likeness (QED) is 0.338. The van der Waals surface area contributed by atoms with Gasteiger partial charge in [0, 0.05) is 11.8 Å². The second kappa shape index (κ2) is 22.8. The van der Waals surface area contributed by atoms with Gasteiger partial charge in [0.15, 0.2) is 0 Å². The third kappa shape index (κ3) is 63.7. The van der Waals surface area contributed by atoms with Crippen LogP contribution in [-0.4, -0.2) is 27.6 Å². The molecule has 0 saturated heterocycles. The maximum absolute atomic E-state index is 9.75. The summed E-state index contributed by atoms with van der Waals surface area (Å²) in [6, 6.07) is 0. The molecule has 0 aliphatic heterocycles. The monoisotopic (exact) mass is 434 g/mol. The van der Waals surface area contributed by atoms with Crippen LogP contribution in [0.25, 0.3) is 0 Å². The summed E-state index contributed by atoms with van der Waals surface area (Å²) >= 11 is 0. The molecule has 0 saturated carbocycles. The lowest BCUT2D eigenvalue weighted by Crippen LogP contribution is -2.53. The Hall–Kier alpha value is -0.510. The second-order valence-electron chi connectivity index (χ2n) is 6.40. The highest BCUT2D eigenvalue weighted by Crippen LogP contribution is 2.10. The summed E-state index contributed by atoms with van der Waals surface area (Å²) in [6.07, 6.45) is 10.8. The third-order valence-electron chi connectivity index (χ3n) is 3.90. The van der Waals surface area contributed by atoms with Crippen LogP contribution in [0.15, 0.2) is 0 Å². The molecule has 176 valence electrons. The summed E-state index contributed by atoms with van der Waals surface area (Å²) in [7, 11) is -12.0. The first-order chi connectivity index (χ1) is 12.7. The Kier molecular flexibility index (Phi) is 28.4. The van der Waals surface area contributed by atoms with Gasteiger partial charge in [-0.05, 0) is 25.7 Å². The van der Waals surface area contributed by atoms with Crippen LogP contribution >= 0.6 is 0 Å². The van der Waals surface area contributed by atoms with E-state index in [4.69, 9.17) is 0 Å². The average Bonchev–Trinajstić information content (AvgIpc) is 2.54. The van der Waals surface area contributed by atoms with Crippen LogP contribution in [0.2, 0.25) is 0 Å². The first-order valence-corrected chi connectivity index (χ1v) is 10.0. The molecule has 0 heterocycles.